The van der Waals surface area contributed by atoms with Crippen molar-refractivity contribution < 1.29 is 28.6 Å². The smallest absolute Gasteiger partial charge is 0.338 e. The standard InChI is InChI=1S/C28H38ClN7O6/c1-40-23-16-36(10-7-22(23)33-26(38)20-15-21(29)25(30)34-27(20)41-2)17-24(37)32-19-5-3-18(4-6-19)28(39)42-14-13-35-11-8-31-9-12-35/h3-6,15,22-23,31H,7-14,16-17H2,1-2H3,(H2,30,34)(H,32,37)(H,33,38)/t22-,23+/m1/s1. The Balaban J connectivity index is 1.22. The van der Waals surface area contributed by atoms with Crippen LogP contribution in [0, 0.1) is 0 Å². The molecule has 13 nitrogen and oxygen atoms in total. The van der Waals surface area contributed by atoms with E-state index in [0.717, 1.165) is 26.2 Å². The molecule has 1 aromatic carbocycles. The molecule has 0 aliphatic carbocycles. The van der Waals surface area contributed by atoms with Crippen LogP contribution >= 0.6 is 11.6 Å². The number of nitrogens with one attached hydrogen (secondary N) is 3. The highest BCUT2D eigenvalue weighted by atomic mass is 35.5. The zero-order chi connectivity index (χ0) is 30.1. The number of likely N-dealkylation sites (tertiary alicyclic amines) is 1. The van der Waals surface area contributed by atoms with Gasteiger partial charge in [-0.1, -0.05) is 11.6 Å². The molecule has 1 aromatic heterocycles. The van der Waals surface area contributed by atoms with Crippen molar-refractivity contribution in [3.05, 3.63) is 46.5 Å². The second-order valence-corrected chi connectivity index (χ2v) is 10.6. The van der Waals surface area contributed by atoms with Gasteiger partial charge in [0.05, 0.1) is 36.4 Å². The first-order valence-electron chi connectivity index (χ1n) is 13.8. The lowest BCUT2D eigenvalue weighted by Gasteiger charge is -2.37. The molecule has 228 valence electrons. The lowest BCUT2D eigenvalue weighted by molar-refractivity contribution is -0.118. The number of methoxy groups -OCH3 is 2. The summed E-state index contributed by atoms with van der Waals surface area (Å²) in [4.78, 5) is 46.3. The van der Waals surface area contributed by atoms with E-state index < -0.39 is 11.9 Å². The number of ether oxygens (including phenoxy) is 3. The Kier molecular flexibility index (Phi) is 11.3. The maximum atomic E-state index is 13.0. The van der Waals surface area contributed by atoms with Crippen molar-refractivity contribution in [3.63, 3.8) is 0 Å². The molecule has 3 heterocycles. The Hall–Kier alpha value is -3.49. The van der Waals surface area contributed by atoms with Gasteiger partial charge in [-0.2, -0.15) is 4.98 Å². The number of carbonyl (C=O) groups excluding carboxylic acids is 3. The monoisotopic (exact) mass is 603 g/mol. The summed E-state index contributed by atoms with van der Waals surface area (Å²) in [6, 6.07) is 7.75. The number of carbonyl (C=O) groups is 3. The number of nitrogen functional groups attached to an aromatic ring is 1. The third kappa shape index (κ3) is 8.52. The van der Waals surface area contributed by atoms with E-state index in [1.54, 1.807) is 31.4 Å². The first kappa shape index (κ1) is 31.4. The number of rotatable bonds is 11. The van der Waals surface area contributed by atoms with E-state index in [0.29, 0.717) is 43.9 Å². The SMILES string of the molecule is COc1nc(N)c(Cl)cc1C(=O)N[C@@H]1CCN(CC(=O)Nc2ccc(C(=O)OCCN3CCNCC3)cc2)C[C@@H]1OC. The summed E-state index contributed by atoms with van der Waals surface area (Å²) in [5, 5.41) is 9.27. The summed E-state index contributed by atoms with van der Waals surface area (Å²) >= 11 is 6.06. The van der Waals surface area contributed by atoms with E-state index >= 15 is 0 Å². The van der Waals surface area contributed by atoms with E-state index in [-0.39, 0.29) is 46.9 Å². The van der Waals surface area contributed by atoms with Crippen LogP contribution in [0.25, 0.3) is 0 Å². The summed E-state index contributed by atoms with van der Waals surface area (Å²) in [5.74, 6) is -0.856. The van der Waals surface area contributed by atoms with Gasteiger partial charge in [0.15, 0.2) is 0 Å². The number of esters is 1. The topological polar surface area (TPSA) is 160 Å². The van der Waals surface area contributed by atoms with E-state index in [4.69, 9.17) is 31.5 Å². The minimum absolute atomic E-state index is 0.0710. The number of anilines is 2. The summed E-state index contributed by atoms with van der Waals surface area (Å²) in [6.45, 7) is 5.96. The fourth-order valence-electron chi connectivity index (χ4n) is 4.96. The minimum Gasteiger partial charge on any atom is -0.480 e. The zero-order valence-electron chi connectivity index (χ0n) is 23.9. The Labute approximate surface area is 250 Å². The average Bonchev–Trinajstić information content (AvgIpc) is 2.99. The molecule has 2 saturated heterocycles. The molecule has 5 N–H and O–H groups in total. The first-order valence-corrected chi connectivity index (χ1v) is 14.2. The van der Waals surface area contributed by atoms with Crippen molar-refractivity contribution in [2.24, 2.45) is 0 Å². The number of piperidine rings is 1. The van der Waals surface area contributed by atoms with E-state index in [1.165, 1.54) is 13.2 Å². The third-order valence-electron chi connectivity index (χ3n) is 7.29. The molecule has 42 heavy (non-hydrogen) atoms. The molecule has 2 aromatic rings. The molecule has 14 heteroatoms. The van der Waals surface area contributed by atoms with Gasteiger partial charge in [0.2, 0.25) is 11.8 Å². The van der Waals surface area contributed by atoms with Crippen LogP contribution in [-0.4, -0.2) is 118 Å². The van der Waals surface area contributed by atoms with Crippen LogP contribution < -0.4 is 26.4 Å². The highest BCUT2D eigenvalue weighted by Gasteiger charge is 2.32. The number of pyridine rings is 1. The second-order valence-electron chi connectivity index (χ2n) is 10.1. The van der Waals surface area contributed by atoms with Gasteiger partial charge in [-0.3, -0.25) is 19.4 Å². The number of hydrogen-bond donors (Lipinski definition) is 4. The van der Waals surface area contributed by atoms with Crippen LogP contribution in [0.15, 0.2) is 30.3 Å². The van der Waals surface area contributed by atoms with Gasteiger partial charge in [0.1, 0.15) is 18.0 Å². The van der Waals surface area contributed by atoms with Crippen molar-refractivity contribution in [1.29, 1.82) is 0 Å². The van der Waals surface area contributed by atoms with Crippen LogP contribution in [0.1, 0.15) is 27.1 Å². The van der Waals surface area contributed by atoms with Crippen LogP contribution in [0.4, 0.5) is 11.5 Å². The fraction of sp³-hybridized carbons (Fsp3) is 0.500. The molecule has 0 radical (unpaired) electrons. The molecular formula is C28H38ClN7O6. The predicted molar refractivity (Wildman–Crippen MR) is 158 cm³/mol. The maximum Gasteiger partial charge on any atom is 0.338 e. The van der Waals surface area contributed by atoms with Gasteiger partial charge in [-0.05, 0) is 36.8 Å². The van der Waals surface area contributed by atoms with Crippen molar-refractivity contribution in [2.75, 3.05) is 84.2 Å². The van der Waals surface area contributed by atoms with Gasteiger partial charge in [-0.25, -0.2) is 4.79 Å². The van der Waals surface area contributed by atoms with Gasteiger partial charge < -0.3 is 35.9 Å². The van der Waals surface area contributed by atoms with Crippen molar-refractivity contribution >= 4 is 40.9 Å². The molecule has 0 unspecified atom stereocenters. The lowest BCUT2D eigenvalue weighted by Crippen LogP contribution is -2.55. The van der Waals surface area contributed by atoms with Crippen molar-refractivity contribution in [1.82, 2.24) is 25.4 Å². The predicted octanol–water partition coefficient (Wildman–Crippen LogP) is 0.846. The zero-order valence-corrected chi connectivity index (χ0v) is 24.6. The number of benzene rings is 1. The van der Waals surface area contributed by atoms with Crippen LogP contribution in [0.3, 0.4) is 0 Å². The van der Waals surface area contributed by atoms with Gasteiger partial charge in [0.25, 0.3) is 5.91 Å². The Morgan fingerprint density at radius 1 is 1.12 bits per heavy atom. The van der Waals surface area contributed by atoms with Crippen LogP contribution in [0.5, 0.6) is 5.88 Å². The highest BCUT2D eigenvalue weighted by molar-refractivity contribution is 6.33. The molecule has 2 fully saturated rings. The van der Waals surface area contributed by atoms with Gasteiger partial charge >= 0.3 is 5.97 Å². The molecule has 0 bridgehead atoms. The number of piperazine rings is 1. The van der Waals surface area contributed by atoms with E-state index in [2.05, 4.69) is 25.8 Å². The molecule has 2 aliphatic heterocycles. The third-order valence-corrected chi connectivity index (χ3v) is 7.59. The summed E-state index contributed by atoms with van der Waals surface area (Å²) in [7, 11) is 2.96. The van der Waals surface area contributed by atoms with Gasteiger partial charge in [0, 0.05) is 58.6 Å². The molecule has 2 atom stereocenters. The average molecular weight is 604 g/mol. The number of amides is 2. The van der Waals surface area contributed by atoms with Crippen LogP contribution in [-0.2, 0) is 14.3 Å². The number of aromatic nitrogens is 1. The fourth-order valence-corrected chi connectivity index (χ4v) is 5.11. The quantitative estimate of drug-likeness (QED) is 0.270. The second kappa shape index (κ2) is 15.1. The molecule has 2 amide bonds. The minimum atomic E-state index is -0.411. The van der Waals surface area contributed by atoms with E-state index in [1.807, 2.05) is 4.90 Å². The Morgan fingerprint density at radius 3 is 2.55 bits per heavy atom. The Morgan fingerprint density at radius 2 is 1.86 bits per heavy atom. The summed E-state index contributed by atoms with van der Waals surface area (Å²) < 4.78 is 16.2. The number of halogens is 1. The molecule has 0 saturated carbocycles. The molecule has 4 rings (SSSR count). The summed E-state index contributed by atoms with van der Waals surface area (Å²) in [6.07, 6.45) is 0.206. The highest BCUT2D eigenvalue weighted by Crippen LogP contribution is 2.25. The number of hydrogen-bond acceptors (Lipinski definition) is 11. The van der Waals surface area contributed by atoms with Crippen molar-refractivity contribution in [3.8, 4) is 5.88 Å². The summed E-state index contributed by atoms with van der Waals surface area (Å²) in [5.41, 5.74) is 6.89. The number of nitrogens with two attached hydrogens (primary N) is 1. The van der Waals surface area contributed by atoms with Crippen molar-refractivity contribution in [2.45, 2.75) is 18.6 Å². The van der Waals surface area contributed by atoms with E-state index in [9.17, 15) is 14.4 Å². The first-order chi connectivity index (χ1) is 20.3. The van der Waals surface area contributed by atoms with Crippen LogP contribution in [0.2, 0.25) is 5.02 Å². The normalized spacial score (nSPS) is 19.6. The maximum absolute atomic E-state index is 13.0. The Bertz CT molecular complexity index is 1240. The molecule has 2 aliphatic rings. The molecular weight excluding hydrogens is 566 g/mol. The molecule has 0 spiro atoms. The van der Waals surface area contributed by atoms with Gasteiger partial charge in [-0.15, -0.1) is 0 Å². The largest absolute Gasteiger partial charge is 0.480 e. The lowest BCUT2D eigenvalue weighted by atomic mass is 10.0. The number of nitrogens with zero attached hydrogens (tertiary/aromatic N) is 3.